The first-order valence-electron chi connectivity index (χ1n) is 6.24. The van der Waals surface area contributed by atoms with E-state index in [0.29, 0.717) is 25.4 Å². The molecule has 6 heteroatoms. The molecule has 1 rings (SSSR count). The molecule has 0 bridgehead atoms. The number of nitrogens with one attached hydrogen (secondary N) is 1. The van der Waals surface area contributed by atoms with Gasteiger partial charge in [-0.15, -0.1) is 0 Å². The van der Waals surface area contributed by atoms with Crippen molar-refractivity contribution in [3.63, 3.8) is 0 Å². The van der Waals surface area contributed by atoms with E-state index in [0.717, 1.165) is 0 Å². The molecule has 3 nitrogen and oxygen atoms in total. The highest BCUT2D eigenvalue weighted by Gasteiger charge is 2.33. The van der Waals surface area contributed by atoms with Gasteiger partial charge in [-0.05, 0) is 18.3 Å². The van der Waals surface area contributed by atoms with Crippen LogP contribution in [0.4, 0.5) is 13.2 Å². The van der Waals surface area contributed by atoms with E-state index in [1.54, 1.807) is 4.90 Å². The number of amides is 1. The average Bonchev–Trinajstić information content (AvgIpc) is 2.25. The predicted molar refractivity (Wildman–Crippen MR) is 63.0 cm³/mol. The van der Waals surface area contributed by atoms with Gasteiger partial charge in [0.1, 0.15) is 0 Å². The van der Waals surface area contributed by atoms with Crippen LogP contribution in [0.3, 0.4) is 0 Å². The third-order valence-electron chi connectivity index (χ3n) is 3.46. The first-order chi connectivity index (χ1) is 8.19. The molecular weight excluding hydrogens is 245 g/mol. The zero-order valence-electron chi connectivity index (χ0n) is 11.0. The fraction of sp³-hybridized carbons (Fsp3) is 0.917. The molecule has 1 aliphatic rings. The lowest BCUT2D eigenvalue weighted by molar-refractivity contribution is -0.133. The topological polar surface area (TPSA) is 32.3 Å². The third-order valence-corrected chi connectivity index (χ3v) is 3.46. The van der Waals surface area contributed by atoms with E-state index in [1.807, 2.05) is 13.8 Å². The van der Waals surface area contributed by atoms with Gasteiger partial charge in [-0.25, -0.2) is 0 Å². The zero-order valence-corrected chi connectivity index (χ0v) is 11.0. The minimum absolute atomic E-state index is 0.0702. The minimum atomic E-state index is -4.20. The van der Waals surface area contributed by atoms with Crippen molar-refractivity contribution in [3.05, 3.63) is 0 Å². The molecule has 1 N–H and O–H groups in total. The molecule has 1 aliphatic heterocycles. The van der Waals surface area contributed by atoms with Gasteiger partial charge in [0, 0.05) is 26.1 Å². The summed E-state index contributed by atoms with van der Waals surface area (Å²) < 4.78 is 36.5. The lowest BCUT2D eigenvalue weighted by Gasteiger charge is -2.39. The van der Waals surface area contributed by atoms with E-state index in [4.69, 9.17) is 0 Å². The Bertz CT molecular complexity index is 292. The smallest absolute Gasteiger partial charge is 0.341 e. The van der Waals surface area contributed by atoms with Crippen molar-refractivity contribution in [1.29, 1.82) is 0 Å². The SMILES string of the molecule is CC(=O)N1CC(NCC(F)(F)F)CC(C(C)C)C1. The second kappa shape index (κ2) is 5.91. The monoisotopic (exact) mass is 266 g/mol. The van der Waals surface area contributed by atoms with Gasteiger partial charge in [0.25, 0.3) is 0 Å². The van der Waals surface area contributed by atoms with Crippen LogP contribution in [-0.2, 0) is 4.79 Å². The van der Waals surface area contributed by atoms with Crippen LogP contribution in [-0.4, -0.2) is 42.7 Å². The number of alkyl halides is 3. The number of halogens is 3. The minimum Gasteiger partial charge on any atom is -0.341 e. The molecule has 1 fully saturated rings. The third kappa shape index (κ3) is 4.84. The fourth-order valence-electron chi connectivity index (χ4n) is 2.29. The normalized spacial score (nSPS) is 25.6. The number of likely N-dealkylation sites (tertiary alicyclic amines) is 1. The van der Waals surface area contributed by atoms with E-state index < -0.39 is 12.7 Å². The van der Waals surface area contributed by atoms with Crippen LogP contribution in [0, 0.1) is 11.8 Å². The quantitative estimate of drug-likeness (QED) is 0.847. The molecule has 0 aromatic carbocycles. The summed E-state index contributed by atoms with van der Waals surface area (Å²) in [5.74, 6) is 0.551. The summed E-state index contributed by atoms with van der Waals surface area (Å²) in [6.45, 7) is 5.56. The molecule has 0 spiro atoms. The summed E-state index contributed by atoms with van der Waals surface area (Å²) in [5, 5.41) is 2.51. The lowest BCUT2D eigenvalue weighted by Crippen LogP contribution is -2.53. The van der Waals surface area contributed by atoms with Crippen molar-refractivity contribution < 1.29 is 18.0 Å². The van der Waals surface area contributed by atoms with Crippen molar-refractivity contribution in [2.24, 2.45) is 11.8 Å². The molecule has 18 heavy (non-hydrogen) atoms. The Morgan fingerprint density at radius 2 is 2.00 bits per heavy atom. The zero-order chi connectivity index (χ0) is 13.9. The van der Waals surface area contributed by atoms with Gasteiger partial charge in [-0.1, -0.05) is 13.8 Å². The maximum atomic E-state index is 12.2. The van der Waals surface area contributed by atoms with E-state index in [9.17, 15) is 18.0 Å². The lowest BCUT2D eigenvalue weighted by atomic mass is 9.85. The number of hydrogen-bond donors (Lipinski definition) is 1. The summed E-state index contributed by atoms with van der Waals surface area (Å²) in [4.78, 5) is 13.0. The standard InChI is InChI=1S/C12H21F3N2O/c1-8(2)10-4-11(16-7-12(13,14)15)6-17(5-10)9(3)18/h8,10-11,16H,4-7H2,1-3H3. The van der Waals surface area contributed by atoms with Crippen LogP contribution in [0.2, 0.25) is 0 Å². The largest absolute Gasteiger partial charge is 0.401 e. The number of carbonyl (C=O) groups is 1. The van der Waals surface area contributed by atoms with Crippen LogP contribution in [0.15, 0.2) is 0 Å². The van der Waals surface area contributed by atoms with E-state index in [1.165, 1.54) is 6.92 Å². The Labute approximate surface area is 106 Å². The van der Waals surface area contributed by atoms with Crippen LogP contribution < -0.4 is 5.32 Å². The second-order valence-corrected chi connectivity index (χ2v) is 5.36. The van der Waals surface area contributed by atoms with Crippen molar-refractivity contribution in [2.45, 2.75) is 39.4 Å². The second-order valence-electron chi connectivity index (χ2n) is 5.36. The molecule has 0 radical (unpaired) electrons. The van der Waals surface area contributed by atoms with Crippen LogP contribution in [0.25, 0.3) is 0 Å². The molecule has 2 atom stereocenters. The van der Waals surface area contributed by atoms with Gasteiger partial charge in [0.15, 0.2) is 0 Å². The molecule has 0 aromatic heterocycles. The maximum absolute atomic E-state index is 12.2. The summed E-state index contributed by atoms with van der Waals surface area (Å²) in [7, 11) is 0. The van der Waals surface area contributed by atoms with Crippen molar-refractivity contribution >= 4 is 5.91 Å². The average molecular weight is 266 g/mol. The number of hydrogen-bond acceptors (Lipinski definition) is 2. The van der Waals surface area contributed by atoms with Crippen molar-refractivity contribution in [2.75, 3.05) is 19.6 Å². The number of rotatable bonds is 3. The summed E-state index contributed by atoms with van der Waals surface area (Å²) >= 11 is 0. The Morgan fingerprint density at radius 3 is 2.44 bits per heavy atom. The molecule has 0 saturated carbocycles. The Hall–Kier alpha value is -0.780. The number of carbonyl (C=O) groups excluding carboxylic acids is 1. The van der Waals surface area contributed by atoms with Crippen LogP contribution >= 0.6 is 0 Å². The number of piperidine rings is 1. The molecule has 2 unspecified atom stereocenters. The van der Waals surface area contributed by atoms with Crippen LogP contribution in [0.1, 0.15) is 27.2 Å². The first-order valence-corrected chi connectivity index (χ1v) is 6.24. The predicted octanol–water partition coefficient (Wildman–Crippen LogP) is 2.03. The molecule has 1 saturated heterocycles. The molecule has 0 aromatic rings. The van der Waals surface area contributed by atoms with Crippen molar-refractivity contribution in [3.8, 4) is 0 Å². The van der Waals surface area contributed by atoms with Gasteiger partial charge < -0.3 is 10.2 Å². The highest BCUT2D eigenvalue weighted by Crippen LogP contribution is 2.24. The number of nitrogens with zero attached hydrogens (tertiary/aromatic N) is 1. The molecule has 106 valence electrons. The van der Waals surface area contributed by atoms with Gasteiger partial charge in [-0.3, -0.25) is 4.79 Å². The van der Waals surface area contributed by atoms with Crippen LogP contribution in [0.5, 0.6) is 0 Å². The van der Waals surface area contributed by atoms with Gasteiger partial charge >= 0.3 is 6.18 Å². The van der Waals surface area contributed by atoms with E-state index >= 15 is 0 Å². The highest BCUT2D eigenvalue weighted by atomic mass is 19.4. The first kappa shape index (κ1) is 15.3. The van der Waals surface area contributed by atoms with Gasteiger partial charge in [0.05, 0.1) is 6.54 Å². The van der Waals surface area contributed by atoms with Crippen molar-refractivity contribution in [1.82, 2.24) is 10.2 Å². The molecule has 1 amide bonds. The van der Waals surface area contributed by atoms with E-state index in [2.05, 4.69) is 5.32 Å². The maximum Gasteiger partial charge on any atom is 0.401 e. The summed E-state index contributed by atoms with van der Waals surface area (Å²) in [6.07, 6.45) is -3.51. The summed E-state index contributed by atoms with van der Waals surface area (Å²) in [5.41, 5.74) is 0. The van der Waals surface area contributed by atoms with E-state index in [-0.39, 0.29) is 17.9 Å². The molecule has 1 heterocycles. The Kier molecular flexibility index (Phi) is 5.01. The Balaban J connectivity index is 2.59. The fourth-order valence-corrected chi connectivity index (χ4v) is 2.29. The Morgan fingerprint density at radius 1 is 1.39 bits per heavy atom. The van der Waals surface area contributed by atoms with Gasteiger partial charge in [0.2, 0.25) is 5.91 Å². The molecule has 0 aliphatic carbocycles. The molecular formula is C12H21F3N2O. The van der Waals surface area contributed by atoms with Gasteiger partial charge in [-0.2, -0.15) is 13.2 Å². The summed E-state index contributed by atoms with van der Waals surface area (Å²) in [6, 6.07) is -0.267. The highest BCUT2D eigenvalue weighted by molar-refractivity contribution is 5.73.